The van der Waals surface area contributed by atoms with E-state index in [0.717, 1.165) is 27.8 Å². The normalized spacial score (nSPS) is 13.1. The second kappa shape index (κ2) is 4.70. The third-order valence-electron chi connectivity index (χ3n) is 3.04. The van der Waals surface area contributed by atoms with E-state index in [1.165, 1.54) is 16.9 Å². The first-order valence-corrected chi connectivity index (χ1v) is 6.69. The minimum Gasteiger partial charge on any atom is -0.493 e. The number of benzene rings is 1. The molecule has 0 unspecified atom stereocenters. The summed E-state index contributed by atoms with van der Waals surface area (Å²) < 4.78 is 7.99. The first kappa shape index (κ1) is 12.2. The molecule has 6 heteroatoms. The average Bonchev–Trinajstić information content (AvgIpc) is 2.80. The van der Waals surface area contributed by atoms with Gasteiger partial charge in [0.2, 0.25) is 0 Å². The number of fused-ring (bicyclic) bond motifs is 1. The molecule has 0 amide bonds. The lowest BCUT2D eigenvalue weighted by atomic mass is 10.1. The summed E-state index contributed by atoms with van der Waals surface area (Å²) in [5, 5.41) is 4.04. The smallest absolute Gasteiger partial charge is 0.269 e. The molecule has 0 bridgehead atoms. The topological polar surface area (TPSA) is 70.1 Å². The Labute approximate surface area is 118 Å². The zero-order chi connectivity index (χ0) is 13.4. The van der Waals surface area contributed by atoms with Gasteiger partial charge in [0.1, 0.15) is 5.75 Å². The Balaban J connectivity index is 2.02. The largest absolute Gasteiger partial charge is 0.493 e. The van der Waals surface area contributed by atoms with Crippen LogP contribution in [0, 0.1) is 0 Å². The summed E-state index contributed by atoms with van der Waals surface area (Å²) in [4.78, 5) is 11.8. The van der Waals surface area contributed by atoms with Gasteiger partial charge in [0.15, 0.2) is 0 Å². The van der Waals surface area contributed by atoms with Crippen molar-refractivity contribution in [2.24, 2.45) is 0 Å². The van der Waals surface area contributed by atoms with Gasteiger partial charge in [-0.05, 0) is 17.7 Å². The fraction of sp³-hybridized carbons (Fsp3) is 0.231. The SMILES string of the molecule is Nc1cnn(Cc2cc(Br)cc3c2OCC3)c(=O)c1. The van der Waals surface area contributed by atoms with Crippen LogP contribution in [0.5, 0.6) is 5.75 Å². The molecule has 3 rings (SSSR count). The van der Waals surface area contributed by atoms with E-state index >= 15 is 0 Å². The maximum Gasteiger partial charge on any atom is 0.269 e. The Bertz CT molecular complexity index is 697. The van der Waals surface area contributed by atoms with E-state index in [1.807, 2.05) is 12.1 Å². The second-order valence-corrected chi connectivity index (χ2v) is 5.35. The highest BCUT2D eigenvalue weighted by Crippen LogP contribution is 2.33. The molecule has 0 fully saturated rings. The van der Waals surface area contributed by atoms with Crippen LogP contribution in [0.3, 0.4) is 0 Å². The maximum absolute atomic E-state index is 11.8. The van der Waals surface area contributed by atoms with Gasteiger partial charge in [-0.3, -0.25) is 4.79 Å². The molecule has 19 heavy (non-hydrogen) atoms. The van der Waals surface area contributed by atoms with Crippen LogP contribution in [0.2, 0.25) is 0 Å². The number of nitrogens with zero attached hydrogens (tertiary/aromatic N) is 2. The molecule has 5 nitrogen and oxygen atoms in total. The highest BCUT2D eigenvalue weighted by molar-refractivity contribution is 9.10. The number of hydrogen-bond donors (Lipinski definition) is 1. The number of nitrogen functional groups attached to an aromatic ring is 1. The predicted octanol–water partition coefficient (Wildman–Crippen LogP) is 1.57. The van der Waals surface area contributed by atoms with Crippen molar-refractivity contribution in [2.45, 2.75) is 13.0 Å². The van der Waals surface area contributed by atoms with Gasteiger partial charge >= 0.3 is 0 Å². The van der Waals surface area contributed by atoms with Crippen molar-refractivity contribution in [1.82, 2.24) is 9.78 Å². The number of aromatic nitrogens is 2. The molecule has 0 atom stereocenters. The average molecular weight is 322 g/mol. The van der Waals surface area contributed by atoms with E-state index in [-0.39, 0.29) is 5.56 Å². The molecule has 2 aromatic rings. The maximum atomic E-state index is 11.8. The van der Waals surface area contributed by atoms with Crippen LogP contribution < -0.4 is 16.0 Å². The number of rotatable bonds is 2. The van der Waals surface area contributed by atoms with E-state index in [9.17, 15) is 4.79 Å². The molecular formula is C13H12BrN3O2. The first-order valence-electron chi connectivity index (χ1n) is 5.90. The summed E-state index contributed by atoms with van der Waals surface area (Å²) in [7, 11) is 0. The molecular weight excluding hydrogens is 310 g/mol. The molecule has 0 saturated heterocycles. The van der Waals surface area contributed by atoms with Gasteiger partial charge in [0, 0.05) is 22.5 Å². The highest BCUT2D eigenvalue weighted by atomic mass is 79.9. The van der Waals surface area contributed by atoms with Crippen LogP contribution in [0.15, 0.2) is 33.7 Å². The van der Waals surface area contributed by atoms with Gasteiger partial charge in [-0.1, -0.05) is 15.9 Å². The van der Waals surface area contributed by atoms with Crippen LogP contribution in [0.25, 0.3) is 0 Å². The lowest BCUT2D eigenvalue weighted by molar-refractivity contribution is 0.352. The predicted molar refractivity (Wildman–Crippen MR) is 75.4 cm³/mol. The van der Waals surface area contributed by atoms with Crippen molar-refractivity contribution in [3.63, 3.8) is 0 Å². The Morgan fingerprint density at radius 2 is 2.26 bits per heavy atom. The third-order valence-corrected chi connectivity index (χ3v) is 3.49. The highest BCUT2D eigenvalue weighted by Gasteiger charge is 2.18. The summed E-state index contributed by atoms with van der Waals surface area (Å²) >= 11 is 3.48. The molecule has 0 saturated carbocycles. The number of hydrogen-bond acceptors (Lipinski definition) is 4. The molecule has 1 aliphatic rings. The molecule has 1 aromatic carbocycles. The van der Waals surface area contributed by atoms with Crippen LogP contribution in [0.4, 0.5) is 5.69 Å². The molecule has 0 radical (unpaired) electrons. The summed E-state index contributed by atoms with van der Waals surface area (Å²) in [5.74, 6) is 0.869. The Hall–Kier alpha value is -1.82. The van der Waals surface area contributed by atoms with E-state index in [2.05, 4.69) is 21.0 Å². The van der Waals surface area contributed by atoms with Gasteiger partial charge in [-0.2, -0.15) is 5.10 Å². The van der Waals surface area contributed by atoms with Crippen molar-refractivity contribution in [3.8, 4) is 5.75 Å². The summed E-state index contributed by atoms with van der Waals surface area (Å²) in [6.07, 6.45) is 2.37. The monoisotopic (exact) mass is 321 g/mol. The summed E-state index contributed by atoms with van der Waals surface area (Å²) in [5.41, 5.74) is 7.79. The molecule has 2 N–H and O–H groups in total. The van der Waals surface area contributed by atoms with Crippen LogP contribution in [-0.4, -0.2) is 16.4 Å². The van der Waals surface area contributed by atoms with Crippen molar-refractivity contribution >= 4 is 21.6 Å². The van der Waals surface area contributed by atoms with Crippen LogP contribution in [0.1, 0.15) is 11.1 Å². The minimum absolute atomic E-state index is 0.216. The second-order valence-electron chi connectivity index (χ2n) is 4.44. The molecule has 1 aliphatic heterocycles. The van der Waals surface area contributed by atoms with Crippen LogP contribution >= 0.6 is 15.9 Å². The van der Waals surface area contributed by atoms with E-state index in [4.69, 9.17) is 10.5 Å². The van der Waals surface area contributed by atoms with Crippen LogP contribution in [-0.2, 0) is 13.0 Å². The van der Waals surface area contributed by atoms with Gasteiger partial charge in [-0.15, -0.1) is 0 Å². The first-order chi connectivity index (χ1) is 9.13. The molecule has 0 aliphatic carbocycles. The number of nitrogens with two attached hydrogens (primary N) is 1. The van der Waals surface area contributed by atoms with Gasteiger partial charge < -0.3 is 10.5 Å². The Kier molecular flexibility index (Phi) is 3.02. The molecule has 0 spiro atoms. The minimum atomic E-state index is -0.216. The lowest BCUT2D eigenvalue weighted by Gasteiger charge is -2.10. The number of anilines is 1. The fourth-order valence-electron chi connectivity index (χ4n) is 2.19. The fourth-order valence-corrected chi connectivity index (χ4v) is 2.74. The Morgan fingerprint density at radius 1 is 1.42 bits per heavy atom. The van der Waals surface area contributed by atoms with Gasteiger partial charge in [0.25, 0.3) is 5.56 Å². The number of ether oxygens (including phenoxy) is 1. The van der Waals surface area contributed by atoms with E-state index in [0.29, 0.717) is 18.8 Å². The number of halogens is 1. The molecule has 1 aromatic heterocycles. The van der Waals surface area contributed by atoms with Gasteiger partial charge in [0.05, 0.1) is 25.0 Å². The summed E-state index contributed by atoms with van der Waals surface area (Å²) in [6, 6.07) is 5.37. The van der Waals surface area contributed by atoms with Gasteiger partial charge in [-0.25, -0.2) is 4.68 Å². The van der Waals surface area contributed by atoms with E-state index in [1.54, 1.807) is 0 Å². The third kappa shape index (κ3) is 2.35. The molecule has 98 valence electrons. The zero-order valence-corrected chi connectivity index (χ0v) is 11.7. The van der Waals surface area contributed by atoms with Crippen molar-refractivity contribution in [2.75, 3.05) is 12.3 Å². The Morgan fingerprint density at radius 3 is 3.05 bits per heavy atom. The quantitative estimate of drug-likeness (QED) is 0.911. The van der Waals surface area contributed by atoms with E-state index < -0.39 is 0 Å². The summed E-state index contributed by atoms with van der Waals surface area (Å²) in [6.45, 7) is 1.06. The molecule has 2 heterocycles. The van der Waals surface area contributed by atoms with Crippen molar-refractivity contribution in [1.29, 1.82) is 0 Å². The van der Waals surface area contributed by atoms with Crippen molar-refractivity contribution in [3.05, 3.63) is 50.3 Å². The lowest BCUT2D eigenvalue weighted by Crippen LogP contribution is -2.23. The van der Waals surface area contributed by atoms with Crippen molar-refractivity contribution < 1.29 is 4.74 Å². The standard InChI is InChI=1S/C13H12BrN3O2/c14-10-3-8-1-2-19-13(8)9(4-10)7-17-12(18)5-11(15)6-16-17/h3-6H,1-2,7,15H2. The zero-order valence-electron chi connectivity index (χ0n) is 10.1.